The lowest BCUT2D eigenvalue weighted by molar-refractivity contribution is 0.0929. The molecule has 1 saturated heterocycles. The number of halogens is 2. The van der Waals surface area contributed by atoms with E-state index in [2.05, 4.69) is 10.2 Å². The van der Waals surface area contributed by atoms with Crippen molar-refractivity contribution in [1.29, 1.82) is 0 Å². The third-order valence-electron chi connectivity index (χ3n) is 5.01. The molecular formula is C21H24F2N2O3. The largest absolute Gasteiger partial charge is 0.497 e. The topological polar surface area (TPSA) is 50.8 Å². The minimum atomic E-state index is -0.824. The van der Waals surface area contributed by atoms with E-state index in [9.17, 15) is 13.6 Å². The van der Waals surface area contributed by atoms with Gasteiger partial charge in [-0.3, -0.25) is 9.69 Å². The van der Waals surface area contributed by atoms with Gasteiger partial charge in [-0.25, -0.2) is 8.78 Å². The highest BCUT2D eigenvalue weighted by Gasteiger charge is 2.26. The Morgan fingerprint density at radius 3 is 2.50 bits per heavy atom. The van der Waals surface area contributed by atoms with Crippen LogP contribution in [0.1, 0.15) is 34.8 Å². The van der Waals surface area contributed by atoms with Gasteiger partial charge in [0.2, 0.25) is 0 Å². The first-order valence-electron chi connectivity index (χ1n) is 9.23. The van der Waals surface area contributed by atoms with E-state index in [0.29, 0.717) is 0 Å². The zero-order valence-electron chi connectivity index (χ0n) is 16.0. The Labute approximate surface area is 163 Å². The summed E-state index contributed by atoms with van der Waals surface area (Å²) in [6.45, 7) is 2.08. The Morgan fingerprint density at radius 2 is 1.82 bits per heavy atom. The molecule has 0 saturated carbocycles. The molecule has 28 heavy (non-hydrogen) atoms. The molecule has 1 N–H and O–H groups in total. The first-order valence-corrected chi connectivity index (χ1v) is 9.23. The molecule has 150 valence electrons. The molecule has 1 atom stereocenters. The number of hydrogen-bond acceptors (Lipinski definition) is 4. The van der Waals surface area contributed by atoms with Gasteiger partial charge in [0.05, 0.1) is 20.3 Å². The summed E-state index contributed by atoms with van der Waals surface area (Å²) in [5.41, 5.74) is 0.571. The van der Waals surface area contributed by atoms with Crippen molar-refractivity contribution < 1.29 is 23.0 Å². The number of methoxy groups -OCH3 is 2. The molecular weight excluding hydrogens is 366 g/mol. The normalized spacial score (nSPS) is 15.3. The number of hydrogen-bond donors (Lipinski definition) is 1. The third-order valence-corrected chi connectivity index (χ3v) is 5.01. The van der Waals surface area contributed by atoms with E-state index in [1.54, 1.807) is 7.11 Å². The highest BCUT2D eigenvalue weighted by molar-refractivity contribution is 5.97. The molecule has 1 amide bonds. The second-order valence-electron chi connectivity index (χ2n) is 6.68. The van der Waals surface area contributed by atoms with E-state index in [1.807, 2.05) is 24.3 Å². The average Bonchev–Trinajstić information content (AvgIpc) is 3.24. The number of rotatable bonds is 7. The molecule has 2 aromatic carbocycles. The van der Waals surface area contributed by atoms with Crippen LogP contribution in [0.3, 0.4) is 0 Å². The quantitative estimate of drug-likeness (QED) is 0.786. The Bertz CT molecular complexity index is 838. The number of amides is 1. The molecule has 5 nitrogen and oxygen atoms in total. The summed E-state index contributed by atoms with van der Waals surface area (Å²) in [6.07, 6.45) is 2.17. The lowest BCUT2D eigenvalue weighted by Crippen LogP contribution is -2.37. The van der Waals surface area contributed by atoms with Gasteiger partial charge in [0.25, 0.3) is 5.91 Å². The number of benzene rings is 2. The van der Waals surface area contributed by atoms with Gasteiger partial charge in [-0.15, -0.1) is 0 Å². The van der Waals surface area contributed by atoms with Gasteiger partial charge in [-0.05, 0) is 55.8 Å². The third kappa shape index (κ3) is 4.25. The number of nitrogens with zero attached hydrogens (tertiary/aromatic N) is 1. The van der Waals surface area contributed by atoms with Gasteiger partial charge >= 0.3 is 0 Å². The van der Waals surface area contributed by atoms with Gasteiger partial charge in [0.1, 0.15) is 17.1 Å². The smallest absolute Gasteiger partial charge is 0.258 e. The Kier molecular flexibility index (Phi) is 6.46. The average molecular weight is 390 g/mol. The van der Waals surface area contributed by atoms with Crippen molar-refractivity contribution in [2.45, 2.75) is 18.9 Å². The summed E-state index contributed by atoms with van der Waals surface area (Å²) >= 11 is 0. The van der Waals surface area contributed by atoms with Crippen LogP contribution >= 0.6 is 0 Å². The van der Waals surface area contributed by atoms with Gasteiger partial charge in [0.15, 0.2) is 11.6 Å². The Morgan fingerprint density at radius 1 is 1.11 bits per heavy atom. The van der Waals surface area contributed by atoms with Gasteiger partial charge in [-0.2, -0.15) is 0 Å². The molecule has 0 aliphatic carbocycles. The summed E-state index contributed by atoms with van der Waals surface area (Å²) in [4.78, 5) is 14.9. The molecule has 0 bridgehead atoms. The summed E-state index contributed by atoms with van der Waals surface area (Å²) in [7, 11) is 2.81. The molecule has 1 aliphatic heterocycles. The van der Waals surface area contributed by atoms with Gasteiger partial charge in [0, 0.05) is 6.54 Å². The second kappa shape index (κ2) is 9.01. The first kappa shape index (κ1) is 20.1. The van der Waals surface area contributed by atoms with E-state index in [1.165, 1.54) is 7.11 Å². The highest BCUT2D eigenvalue weighted by atomic mass is 19.1. The SMILES string of the molecule is COc1cccc(C(CNC(=O)c2c(F)ccc(F)c2OC)N2CCCC2)c1. The monoisotopic (exact) mass is 390 g/mol. The van der Waals surface area contributed by atoms with Crippen molar-refractivity contribution >= 4 is 5.91 Å². The lowest BCUT2D eigenvalue weighted by atomic mass is 10.0. The summed E-state index contributed by atoms with van der Waals surface area (Å²) in [5, 5.41) is 2.75. The number of likely N-dealkylation sites (tertiary alicyclic amines) is 1. The van der Waals surface area contributed by atoms with Gasteiger partial charge in [-0.1, -0.05) is 12.1 Å². The summed E-state index contributed by atoms with van der Waals surface area (Å²) in [6, 6.07) is 9.43. The highest BCUT2D eigenvalue weighted by Crippen LogP contribution is 2.28. The molecule has 1 fully saturated rings. The predicted molar refractivity (Wildman–Crippen MR) is 102 cm³/mol. The summed E-state index contributed by atoms with van der Waals surface area (Å²) < 4.78 is 38.3. The van der Waals surface area contributed by atoms with E-state index < -0.39 is 28.9 Å². The molecule has 0 spiro atoms. The van der Waals surface area contributed by atoms with E-state index in [4.69, 9.17) is 9.47 Å². The minimum Gasteiger partial charge on any atom is -0.497 e. The molecule has 0 radical (unpaired) electrons. The molecule has 1 unspecified atom stereocenters. The van der Waals surface area contributed by atoms with Crippen molar-refractivity contribution in [2.24, 2.45) is 0 Å². The lowest BCUT2D eigenvalue weighted by Gasteiger charge is -2.28. The van der Waals surface area contributed by atoms with Crippen molar-refractivity contribution in [1.82, 2.24) is 10.2 Å². The minimum absolute atomic E-state index is 0.0934. The molecule has 1 heterocycles. The molecule has 2 aromatic rings. The first-order chi connectivity index (χ1) is 13.5. The molecule has 3 rings (SSSR count). The van der Waals surface area contributed by atoms with Crippen molar-refractivity contribution in [2.75, 3.05) is 33.9 Å². The zero-order valence-corrected chi connectivity index (χ0v) is 16.0. The van der Waals surface area contributed by atoms with Crippen molar-refractivity contribution in [3.05, 3.63) is 59.2 Å². The fourth-order valence-corrected chi connectivity index (χ4v) is 3.58. The van der Waals surface area contributed by atoms with Crippen LogP contribution < -0.4 is 14.8 Å². The molecule has 7 heteroatoms. The summed E-state index contributed by atoms with van der Waals surface area (Å²) in [5.74, 6) is -1.98. The van der Waals surface area contributed by atoms with Crippen LogP contribution in [-0.2, 0) is 0 Å². The van der Waals surface area contributed by atoms with Crippen LogP contribution in [0.5, 0.6) is 11.5 Å². The van der Waals surface area contributed by atoms with Crippen LogP contribution in [-0.4, -0.2) is 44.7 Å². The van der Waals surface area contributed by atoms with Crippen LogP contribution in [0.15, 0.2) is 36.4 Å². The van der Waals surface area contributed by atoms with Gasteiger partial charge < -0.3 is 14.8 Å². The molecule has 0 aromatic heterocycles. The molecule has 1 aliphatic rings. The Hall–Kier alpha value is -2.67. The number of carbonyl (C=O) groups is 1. The van der Waals surface area contributed by atoms with Crippen LogP contribution in [0, 0.1) is 11.6 Å². The van der Waals surface area contributed by atoms with Crippen LogP contribution in [0.2, 0.25) is 0 Å². The van der Waals surface area contributed by atoms with E-state index in [-0.39, 0.29) is 12.6 Å². The van der Waals surface area contributed by atoms with Crippen LogP contribution in [0.4, 0.5) is 8.78 Å². The number of nitrogens with one attached hydrogen (secondary N) is 1. The fraction of sp³-hybridized carbons (Fsp3) is 0.381. The number of carbonyl (C=O) groups excluding carboxylic acids is 1. The van der Waals surface area contributed by atoms with Crippen LogP contribution in [0.25, 0.3) is 0 Å². The zero-order chi connectivity index (χ0) is 20.1. The standard InChI is InChI=1S/C21H24F2N2O3/c1-27-15-7-5-6-14(12-15)18(25-10-3-4-11-25)13-24-21(26)19-16(22)8-9-17(23)20(19)28-2/h5-9,12,18H,3-4,10-11,13H2,1-2H3,(H,24,26). The number of ether oxygens (including phenoxy) is 2. The predicted octanol–water partition coefficient (Wildman–Crippen LogP) is 3.55. The van der Waals surface area contributed by atoms with Crippen molar-refractivity contribution in [3.8, 4) is 11.5 Å². The Balaban J connectivity index is 1.82. The van der Waals surface area contributed by atoms with Crippen molar-refractivity contribution in [3.63, 3.8) is 0 Å². The maximum atomic E-state index is 14.2. The van der Waals surface area contributed by atoms with E-state index >= 15 is 0 Å². The fourth-order valence-electron chi connectivity index (χ4n) is 3.58. The van der Waals surface area contributed by atoms with E-state index in [0.717, 1.165) is 49.4 Å². The maximum absolute atomic E-state index is 14.2. The second-order valence-corrected chi connectivity index (χ2v) is 6.68. The maximum Gasteiger partial charge on any atom is 0.258 e.